The second-order valence-corrected chi connectivity index (χ2v) is 5.32. The van der Waals surface area contributed by atoms with Crippen LogP contribution in [0.5, 0.6) is 0 Å². The Labute approximate surface area is 119 Å². The van der Waals surface area contributed by atoms with E-state index >= 15 is 0 Å². The molecule has 2 aliphatic rings. The average Bonchev–Trinajstić information content (AvgIpc) is 3.01. The Morgan fingerprint density at radius 3 is 2.90 bits per heavy atom. The molecule has 0 aliphatic carbocycles. The van der Waals surface area contributed by atoms with Gasteiger partial charge in [-0.05, 0) is 24.0 Å². The first-order valence-electron chi connectivity index (χ1n) is 7.20. The topological polar surface area (TPSA) is 41.6 Å². The lowest BCUT2D eigenvalue weighted by molar-refractivity contribution is 0.180. The average molecular weight is 272 g/mol. The van der Waals surface area contributed by atoms with Crippen molar-refractivity contribution < 1.29 is 9.53 Å². The third kappa shape index (κ3) is 3.02. The largest absolute Gasteiger partial charge is 0.379 e. The zero-order chi connectivity index (χ0) is 13.8. The number of urea groups is 1. The molecule has 0 saturated carbocycles. The van der Waals surface area contributed by atoms with Crippen LogP contribution in [0.15, 0.2) is 36.4 Å². The summed E-state index contributed by atoms with van der Waals surface area (Å²) >= 11 is 0. The van der Waals surface area contributed by atoms with Crippen LogP contribution in [0, 0.1) is 0 Å². The maximum absolute atomic E-state index is 12.3. The monoisotopic (exact) mass is 272 g/mol. The number of ether oxygens (including phenoxy) is 1. The normalized spacial score (nSPS) is 22.5. The van der Waals surface area contributed by atoms with E-state index in [0.717, 1.165) is 26.0 Å². The van der Waals surface area contributed by atoms with Crippen LogP contribution >= 0.6 is 0 Å². The molecule has 1 atom stereocenters. The van der Waals surface area contributed by atoms with Gasteiger partial charge >= 0.3 is 6.03 Å². The Kier molecular flexibility index (Phi) is 4.02. The van der Waals surface area contributed by atoms with E-state index in [4.69, 9.17) is 4.74 Å². The minimum absolute atomic E-state index is 0.0297. The van der Waals surface area contributed by atoms with E-state index in [0.29, 0.717) is 13.2 Å². The third-order valence-electron chi connectivity index (χ3n) is 3.84. The smallest absolute Gasteiger partial charge is 0.318 e. The molecule has 106 valence electrons. The van der Waals surface area contributed by atoms with Gasteiger partial charge in [0.2, 0.25) is 0 Å². The molecular weight excluding hydrogens is 252 g/mol. The second kappa shape index (κ2) is 6.09. The molecule has 0 bridgehead atoms. The summed E-state index contributed by atoms with van der Waals surface area (Å²) < 4.78 is 5.29. The molecule has 1 aromatic carbocycles. The van der Waals surface area contributed by atoms with Crippen LogP contribution < -0.4 is 5.32 Å². The number of nitrogens with one attached hydrogen (secondary N) is 1. The highest BCUT2D eigenvalue weighted by Gasteiger charge is 2.23. The van der Waals surface area contributed by atoms with E-state index in [1.807, 2.05) is 23.1 Å². The van der Waals surface area contributed by atoms with Crippen molar-refractivity contribution in [1.29, 1.82) is 0 Å². The lowest BCUT2D eigenvalue weighted by Crippen LogP contribution is -2.46. The van der Waals surface area contributed by atoms with Crippen LogP contribution in [-0.2, 0) is 4.74 Å². The van der Waals surface area contributed by atoms with Crippen LogP contribution in [0.25, 0.3) is 5.57 Å². The molecule has 1 saturated heterocycles. The Balaban J connectivity index is 1.62. The molecule has 2 heterocycles. The Hall–Kier alpha value is -1.81. The first-order chi connectivity index (χ1) is 9.83. The minimum Gasteiger partial charge on any atom is -0.379 e. The first kappa shape index (κ1) is 13.2. The molecular formula is C16H20N2O2. The molecule has 20 heavy (non-hydrogen) atoms. The highest BCUT2D eigenvalue weighted by Crippen LogP contribution is 2.20. The fourth-order valence-electron chi connectivity index (χ4n) is 2.69. The molecule has 2 amide bonds. The highest BCUT2D eigenvalue weighted by atomic mass is 16.5. The molecule has 0 radical (unpaired) electrons. The predicted molar refractivity (Wildman–Crippen MR) is 78.4 cm³/mol. The Morgan fingerprint density at radius 1 is 1.30 bits per heavy atom. The van der Waals surface area contributed by atoms with Crippen molar-refractivity contribution in [1.82, 2.24) is 10.2 Å². The van der Waals surface area contributed by atoms with Crippen molar-refractivity contribution in [3.8, 4) is 0 Å². The molecule has 4 nitrogen and oxygen atoms in total. The predicted octanol–water partition coefficient (Wildman–Crippen LogP) is 2.27. The summed E-state index contributed by atoms with van der Waals surface area (Å²) in [6.07, 6.45) is 4.07. The fraction of sp³-hybridized carbons (Fsp3) is 0.438. The number of rotatable bonds is 2. The lowest BCUT2D eigenvalue weighted by Gasteiger charge is -2.29. The van der Waals surface area contributed by atoms with Gasteiger partial charge in [-0.25, -0.2) is 4.79 Å². The van der Waals surface area contributed by atoms with Crippen molar-refractivity contribution in [2.24, 2.45) is 0 Å². The molecule has 4 heteroatoms. The number of nitrogens with zero attached hydrogens (tertiary/aromatic N) is 1. The van der Waals surface area contributed by atoms with E-state index in [2.05, 4.69) is 23.5 Å². The SMILES string of the molecule is O=C(N[C@@H]1CCOC1)N1CCC=C(c2ccccc2)C1. The molecule has 1 N–H and O–H groups in total. The lowest BCUT2D eigenvalue weighted by atomic mass is 10.0. The maximum atomic E-state index is 12.3. The summed E-state index contributed by atoms with van der Waals surface area (Å²) in [4.78, 5) is 14.2. The van der Waals surface area contributed by atoms with Gasteiger partial charge < -0.3 is 15.0 Å². The van der Waals surface area contributed by atoms with Crippen molar-refractivity contribution in [3.63, 3.8) is 0 Å². The Morgan fingerprint density at radius 2 is 2.15 bits per heavy atom. The van der Waals surface area contributed by atoms with Crippen LogP contribution in [0.2, 0.25) is 0 Å². The maximum Gasteiger partial charge on any atom is 0.318 e. The van der Waals surface area contributed by atoms with Gasteiger partial charge in [-0.2, -0.15) is 0 Å². The van der Waals surface area contributed by atoms with Crippen LogP contribution in [-0.4, -0.2) is 43.3 Å². The van der Waals surface area contributed by atoms with Crippen LogP contribution in [0.4, 0.5) is 4.79 Å². The van der Waals surface area contributed by atoms with Crippen LogP contribution in [0.3, 0.4) is 0 Å². The van der Waals surface area contributed by atoms with E-state index in [1.54, 1.807) is 0 Å². The van der Waals surface area contributed by atoms with Gasteiger partial charge in [-0.15, -0.1) is 0 Å². The quantitative estimate of drug-likeness (QED) is 0.897. The molecule has 0 aromatic heterocycles. The van der Waals surface area contributed by atoms with Gasteiger partial charge in [0.05, 0.1) is 12.6 Å². The van der Waals surface area contributed by atoms with Crippen molar-refractivity contribution >= 4 is 11.6 Å². The van der Waals surface area contributed by atoms with Gasteiger partial charge in [-0.1, -0.05) is 36.4 Å². The molecule has 2 aliphatic heterocycles. The van der Waals surface area contributed by atoms with E-state index < -0.39 is 0 Å². The standard InChI is InChI=1S/C16H20N2O2/c19-16(17-15-8-10-20-12-15)18-9-4-7-14(11-18)13-5-2-1-3-6-13/h1-3,5-7,15H,4,8-12H2,(H,17,19)/t15-/m1/s1. The zero-order valence-corrected chi connectivity index (χ0v) is 11.5. The number of carbonyl (C=O) groups is 1. The molecule has 0 spiro atoms. The van der Waals surface area contributed by atoms with Gasteiger partial charge in [0, 0.05) is 19.7 Å². The van der Waals surface area contributed by atoms with Gasteiger partial charge in [0.15, 0.2) is 0 Å². The second-order valence-electron chi connectivity index (χ2n) is 5.32. The molecule has 3 rings (SSSR count). The summed E-state index contributed by atoms with van der Waals surface area (Å²) in [5, 5.41) is 3.06. The highest BCUT2D eigenvalue weighted by molar-refractivity contribution is 5.79. The zero-order valence-electron chi connectivity index (χ0n) is 11.5. The van der Waals surface area contributed by atoms with E-state index in [1.165, 1.54) is 11.1 Å². The fourth-order valence-corrected chi connectivity index (χ4v) is 2.69. The van der Waals surface area contributed by atoms with Crippen molar-refractivity contribution in [2.45, 2.75) is 18.9 Å². The van der Waals surface area contributed by atoms with Gasteiger partial charge in [0.1, 0.15) is 0 Å². The van der Waals surface area contributed by atoms with Crippen molar-refractivity contribution in [2.75, 3.05) is 26.3 Å². The summed E-state index contributed by atoms with van der Waals surface area (Å²) in [5.74, 6) is 0. The summed E-state index contributed by atoms with van der Waals surface area (Å²) in [5.41, 5.74) is 2.43. The summed E-state index contributed by atoms with van der Waals surface area (Å²) in [6, 6.07) is 10.5. The number of carbonyl (C=O) groups excluding carboxylic acids is 1. The first-order valence-corrected chi connectivity index (χ1v) is 7.20. The van der Waals surface area contributed by atoms with E-state index in [-0.39, 0.29) is 12.1 Å². The molecule has 1 fully saturated rings. The third-order valence-corrected chi connectivity index (χ3v) is 3.84. The minimum atomic E-state index is 0.0297. The number of hydrogen-bond acceptors (Lipinski definition) is 2. The van der Waals surface area contributed by atoms with E-state index in [9.17, 15) is 4.79 Å². The molecule has 0 unspecified atom stereocenters. The van der Waals surface area contributed by atoms with Crippen molar-refractivity contribution in [3.05, 3.63) is 42.0 Å². The van der Waals surface area contributed by atoms with Gasteiger partial charge in [-0.3, -0.25) is 0 Å². The summed E-state index contributed by atoms with van der Waals surface area (Å²) in [6.45, 7) is 2.86. The Bertz CT molecular complexity index is 492. The number of benzene rings is 1. The van der Waals surface area contributed by atoms with Gasteiger partial charge in [0.25, 0.3) is 0 Å². The van der Waals surface area contributed by atoms with Crippen LogP contribution in [0.1, 0.15) is 18.4 Å². The number of amides is 2. The summed E-state index contributed by atoms with van der Waals surface area (Å²) in [7, 11) is 0. The molecule has 1 aromatic rings. The number of hydrogen-bond donors (Lipinski definition) is 1.